The van der Waals surface area contributed by atoms with Crippen LogP contribution in [0.4, 0.5) is 4.39 Å². The summed E-state index contributed by atoms with van der Waals surface area (Å²) in [7, 11) is 0. The van der Waals surface area contributed by atoms with Crippen LogP contribution in [0.25, 0.3) is 0 Å². The van der Waals surface area contributed by atoms with Crippen LogP contribution in [0.3, 0.4) is 0 Å². The number of aryl methyl sites for hydroxylation is 1. The van der Waals surface area contributed by atoms with E-state index in [1.807, 2.05) is 13.8 Å². The maximum atomic E-state index is 13.1. The number of nitrogens with two attached hydrogens (primary N) is 1. The molecule has 0 aliphatic rings. The van der Waals surface area contributed by atoms with E-state index in [0.717, 1.165) is 0 Å². The van der Waals surface area contributed by atoms with Crippen LogP contribution in [0, 0.1) is 12.7 Å². The van der Waals surface area contributed by atoms with Crippen LogP contribution in [0.1, 0.15) is 39.2 Å². The van der Waals surface area contributed by atoms with Crippen molar-refractivity contribution in [3.8, 4) is 5.75 Å². The highest BCUT2D eigenvalue weighted by atomic mass is 19.1. The van der Waals surface area contributed by atoms with E-state index in [0.29, 0.717) is 30.8 Å². The fourth-order valence-corrected chi connectivity index (χ4v) is 2.23. The average Bonchev–Trinajstić information content (AvgIpc) is 2.38. The normalized spacial score (nSPS) is 14.0. The standard InChI is InChI=1S/C16H25FN2O2/c1-11(2)19-16(4,15(18)20)8-5-9-21-13-6-7-14(17)12(3)10-13/h6-7,10-11,19H,5,8-9H2,1-4H3,(H2,18,20). The highest BCUT2D eigenvalue weighted by molar-refractivity contribution is 5.84. The lowest BCUT2D eigenvalue weighted by atomic mass is 9.94. The van der Waals surface area contributed by atoms with Crippen molar-refractivity contribution >= 4 is 5.91 Å². The van der Waals surface area contributed by atoms with Gasteiger partial charge in [-0.15, -0.1) is 0 Å². The van der Waals surface area contributed by atoms with Crippen molar-refractivity contribution in [1.29, 1.82) is 0 Å². The molecule has 1 amide bonds. The van der Waals surface area contributed by atoms with Crippen LogP contribution in [0.2, 0.25) is 0 Å². The Morgan fingerprint density at radius 3 is 2.67 bits per heavy atom. The number of amides is 1. The lowest BCUT2D eigenvalue weighted by Crippen LogP contribution is -2.55. The molecule has 118 valence electrons. The maximum Gasteiger partial charge on any atom is 0.237 e. The van der Waals surface area contributed by atoms with Crippen LogP contribution in [0.5, 0.6) is 5.75 Å². The molecule has 0 spiro atoms. The number of rotatable bonds is 8. The molecule has 1 aromatic rings. The van der Waals surface area contributed by atoms with E-state index in [1.54, 1.807) is 26.0 Å². The van der Waals surface area contributed by atoms with Gasteiger partial charge in [0.05, 0.1) is 12.1 Å². The van der Waals surface area contributed by atoms with E-state index in [4.69, 9.17) is 10.5 Å². The Hall–Kier alpha value is -1.62. The van der Waals surface area contributed by atoms with Crippen LogP contribution in [-0.2, 0) is 4.79 Å². The zero-order chi connectivity index (χ0) is 16.0. The van der Waals surface area contributed by atoms with Gasteiger partial charge >= 0.3 is 0 Å². The molecule has 1 rings (SSSR count). The van der Waals surface area contributed by atoms with Crippen molar-refractivity contribution < 1.29 is 13.9 Å². The summed E-state index contributed by atoms with van der Waals surface area (Å²) in [6, 6.07) is 4.82. The highest BCUT2D eigenvalue weighted by Gasteiger charge is 2.30. The average molecular weight is 296 g/mol. The van der Waals surface area contributed by atoms with E-state index in [1.165, 1.54) is 6.07 Å². The molecule has 0 bridgehead atoms. The Morgan fingerprint density at radius 1 is 1.48 bits per heavy atom. The lowest BCUT2D eigenvalue weighted by Gasteiger charge is -2.29. The Labute approximate surface area is 125 Å². The minimum absolute atomic E-state index is 0.170. The number of hydrogen-bond acceptors (Lipinski definition) is 3. The van der Waals surface area contributed by atoms with Gasteiger partial charge in [-0.25, -0.2) is 4.39 Å². The number of halogens is 1. The molecule has 4 nitrogen and oxygen atoms in total. The fourth-order valence-electron chi connectivity index (χ4n) is 2.23. The molecule has 0 fully saturated rings. The first kappa shape index (κ1) is 17.4. The number of ether oxygens (including phenoxy) is 1. The van der Waals surface area contributed by atoms with Crippen molar-refractivity contribution in [1.82, 2.24) is 5.32 Å². The second-order valence-electron chi connectivity index (χ2n) is 5.86. The number of nitrogens with one attached hydrogen (secondary N) is 1. The summed E-state index contributed by atoms with van der Waals surface area (Å²) in [5.74, 6) is 0.0186. The quantitative estimate of drug-likeness (QED) is 0.725. The number of primary amides is 1. The summed E-state index contributed by atoms with van der Waals surface area (Å²) in [6.45, 7) is 7.89. The molecule has 0 saturated carbocycles. The van der Waals surface area contributed by atoms with Gasteiger partial charge in [0.1, 0.15) is 11.6 Å². The van der Waals surface area contributed by atoms with Gasteiger partial charge in [0.15, 0.2) is 0 Å². The van der Waals surface area contributed by atoms with Gasteiger partial charge in [-0.3, -0.25) is 4.79 Å². The van der Waals surface area contributed by atoms with Gasteiger partial charge in [0.2, 0.25) is 5.91 Å². The highest BCUT2D eigenvalue weighted by Crippen LogP contribution is 2.18. The minimum Gasteiger partial charge on any atom is -0.494 e. The summed E-state index contributed by atoms with van der Waals surface area (Å²) in [4.78, 5) is 11.6. The maximum absolute atomic E-state index is 13.1. The van der Waals surface area contributed by atoms with Crippen molar-refractivity contribution in [3.63, 3.8) is 0 Å². The van der Waals surface area contributed by atoms with E-state index in [2.05, 4.69) is 5.32 Å². The molecule has 1 atom stereocenters. The number of hydrogen-bond donors (Lipinski definition) is 2. The zero-order valence-electron chi connectivity index (χ0n) is 13.2. The molecule has 0 heterocycles. The van der Waals surface area contributed by atoms with E-state index in [-0.39, 0.29) is 17.8 Å². The Kier molecular flexibility index (Phi) is 6.15. The van der Waals surface area contributed by atoms with Gasteiger partial charge in [-0.2, -0.15) is 0 Å². The third-order valence-corrected chi connectivity index (χ3v) is 3.37. The fraction of sp³-hybridized carbons (Fsp3) is 0.562. The van der Waals surface area contributed by atoms with Crippen LogP contribution >= 0.6 is 0 Å². The van der Waals surface area contributed by atoms with Gasteiger partial charge in [0.25, 0.3) is 0 Å². The van der Waals surface area contributed by atoms with E-state index >= 15 is 0 Å². The van der Waals surface area contributed by atoms with Crippen LogP contribution in [0.15, 0.2) is 18.2 Å². The molecule has 5 heteroatoms. The molecule has 0 aliphatic carbocycles. The molecule has 1 unspecified atom stereocenters. The minimum atomic E-state index is -0.740. The number of carbonyl (C=O) groups is 1. The third-order valence-electron chi connectivity index (χ3n) is 3.37. The first-order valence-electron chi connectivity index (χ1n) is 7.21. The molecule has 3 N–H and O–H groups in total. The topological polar surface area (TPSA) is 64.3 Å². The summed E-state index contributed by atoms with van der Waals surface area (Å²) in [6.07, 6.45) is 1.26. The van der Waals surface area contributed by atoms with Crippen molar-refractivity contribution in [2.75, 3.05) is 6.61 Å². The predicted molar refractivity (Wildman–Crippen MR) is 81.7 cm³/mol. The SMILES string of the molecule is Cc1cc(OCCCC(C)(NC(C)C)C(N)=O)ccc1F. The number of carbonyl (C=O) groups excluding carboxylic acids is 1. The van der Waals surface area contributed by atoms with Crippen molar-refractivity contribution in [2.24, 2.45) is 5.73 Å². The summed E-state index contributed by atoms with van der Waals surface area (Å²) in [5, 5.41) is 3.19. The van der Waals surface area contributed by atoms with Gasteiger partial charge in [0, 0.05) is 6.04 Å². The molecule has 21 heavy (non-hydrogen) atoms. The van der Waals surface area contributed by atoms with E-state index in [9.17, 15) is 9.18 Å². The summed E-state index contributed by atoms with van der Waals surface area (Å²) >= 11 is 0. The largest absolute Gasteiger partial charge is 0.494 e. The third kappa shape index (κ3) is 5.34. The first-order chi connectivity index (χ1) is 9.74. The van der Waals surface area contributed by atoms with Gasteiger partial charge < -0.3 is 15.8 Å². The zero-order valence-corrected chi connectivity index (χ0v) is 13.2. The number of benzene rings is 1. The van der Waals surface area contributed by atoms with Crippen molar-refractivity contribution in [2.45, 2.75) is 52.1 Å². The Balaban J connectivity index is 2.47. The van der Waals surface area contributed by atoms with Crippen LogP contribution in [-0.4, -0.2) is 24.1 Å². The second-order valence-corrected chi connectivity index (χ2v) is 5.86. The van der Waals surface area contributed by atoms with Gasteiger partial charge in [-0.05, 0) is 64.3 Å². The Morgan fingerprint density at radius 2 is 2.14 bits per heavy atom. The summed E-state index contributed by atoms with van der Waals surface area (Å²) < 4.78 is 18.7. The molecular weight excluding hydrogens is 271 g/mol. The monoisotopic (exact) mass is 296 g/mol. The summed E-state index contributed by atoms with van der Waals surface area (Å²) in [5.41, 5.74) is 5.28. The molecule has 0 saturated heterocycles. The Bertz CT molecular complexity index is 491. The lowest BCUT2D eigenvalue weighted by molar-refractivity contribution is -0.124. The smallest absolute Gasteiger partial charge is 0.237 e. The van der Waals surface area contributed by atoms with Crippen molar-refractivity contribution in [3.05, 3.63) is 29.6 Å². The first-order valence-corrected chi connectivity index (χ1v) is 7.21. The molecule has 0 aromatic heterocycles. The molecule has 1 aromatic carbocycles. The van der Waals surface area contributed by atoms with Gasteiger partial charge in [-0.1, -0.05) is 0 Å². The van der Waals surface area contributed by atoms with E-state index < -0.39 is 5.54 Å². The van der Waals surface area contributed by atoms with Crippen LogP contribution < -0.4 is 15.8 Å². The molecular formula is C16H25FN2O2. The predicted octanol–water partition coefficient (Wildman–Crippen LogP) is 2.54. The molecule has 0 aliphatic heterocycles. The molecule has 0 radical (unpaired) electrons. The second kappa shape index (κ2) is 7.41.